The van der Waals surface area contributed by atoms with E-state index in [4.69, 9.17) is 0 Å². The molecule has 0 saturated carbocycles. The van der Waals surface area contributed by atoms with E-state index in [2.05, 4.69) is 40.7 Å². The first-order valence-corrected chi connectivity index (χ1v) is 6.30. The van der Waals surface area contributed by atoms with Crippen LogP contribution in [0.4, 0.5) is 0 Å². The van der Waals surface area contributed by atoms with E-state index in [1.165, 1.54) is 29.6 Å². The van der Waals surface area contributed by atoms with Crippen molar-refractivity contribution in [2.45, 2.75) is 53.9 Å². The molecule has 0 fully saturated rings. The summed E-state index contributed by atoms with van der Waals surface area (Å²) in [5.41, 5.74) is 4.26. The van der Waals surface area contributed by atoms with Crippen molar-refractivity contribution < 1.29 is 5.11 Å². The maximum atomic E-state index is 9.43. The molecule has 0 bridgehead atoms. The van der Waals surface area contributed by atoms with Crippen molar-refractivity contribution in [3.63, 3.8) is 0 Å². The van der Waals surface area contributed by atoms with E-state index >= 15 is 0 Å². The van der Waals surface area contributed by atoms with Crippen molar-refractivity contribution in [2.24, 2.45) is 11.3 Å². The second kappa shape index (κ2) is 5.18. The van der Waals surface area contributed by atoms with Gasteiger partial charge in [-0.05, 0) is 56.9 Å². The van der Waals surface area contributed by atoms with Crippen molar-refractivity contribution in [1.29, 1.82) is 0 Å². The van der Waals surface area contributed by atoms with Crippen LogP contribution >= 0.6 is 0 Å². The van der Waals surface area contributed by atoms with Crippen LogP contribution in [0.2, 0.25) is 0 Å². The van der Waals surface area contributed by atoms with Gasteiger partial charge in [-0.1, -0.05) is 31.1 Å². The Morgan fingerprint density at radius 1 is 1.44 bits per heavy atom. The first kappa shape index (κ1) is 13.5. The molecule has 1 N–H and O–H groups in total. The van der Waals surface area contributed by atoms with E-state index in [1.54, 1.807) is 0 Å². The Kier molecular flexibility index (Phi) is 4.37. The number of hydrogen-bond acceptors (Lipinski definition) is 1. The Morgan fingerprint density at radius 3 is 2.50 bits per heavy atom. The highest BCUT2D eigenvalue weighted by atomic mass is 16.3. The van der Waals surface area contributed by atoms with Crippen LogP contribution in [-0.2, 0) is 0 Å². The minimum absolute atomic E-state index is 0.178. The highest BCUT2D eigenvalue weighted by molar-refractivity contribution is 5.24. The van der Waals surface area contributed by atoms with Gasteiger partial charge in [-0.3, -0.25) is 0 Å². The molecule has 0 spiro atoms. The SMILES string of the molecule is CC(C)=CCC1CC(C)=C(CO)C(C)(C)C1. The Hall–Kier alpha value is -0.560. The monoisotopic (exact) mass is 222 g/mol. The molecule has 0 aromatic heterocycles. The lowest BCUT2D eigenvalue weighted by molar-refractivity contribution is 0.230. The summed E-state index contributed by atoms with van der Waals surface area (Å²) < 4.78 is 0. The van der Waals surface area contributed by atoms with Crippen LogP contribution in [0.5, 0.6) is 0 Å². The van der Waals surface area contributed by atoms with Crippen LogP contribution in [0.1, 0.15) is 53.9 Å². The summed E-state index contributed by atoms with van der Waals surface area (Å²) in [7, 11) is 0. The molecule has 0 saturated heterocycles. The minimum Gasteiger partial charge on any atom is -0.392 e. The Balaban J connectivity index is 2.78. The van der Waals surface area contributed by atoms with Crippen LogP contribution in [0.15, 0.2) is 22.8 Å². The van der Waals surface area contributed by atoms with Gasteiger partial charge in [0.15, 0.2) is 0 Å². The van der Waals surface area contributed by atoms with Crippen LogP contribution in [-0.4, -0.2) is 11.7 Å². The van der Waals surface area contributed by atoms with Crippen LogP contribution < -0.4 is 0 Å². The maximum absolute atomic E-state index is 9.43. The van der Waals surface area contributed by atoms with E-state index in [9.17, 15) is 5.11 Å². The molecule has 0 amide bonds. The standard InChI is InChI=1S/C15H26O/c1-11(2)6-7-13-8-12(3)14(10-16)15(4,5)9-13/h6,13,16H,7-10H2,1-5H3. The second-order valence-electron chi connectivity index (χ2n) is 6.09. The molecule has 0 radical (unpaired) electrons. The van der Waals surface area contributed by atoms with Crippen molar-refractivity contribution in [3.05, 3.63) is 22.8 Å². The highest BCUT2D eigenvalue weighted by Gasteiger charge is 2.32. The lowest BCUT2D eigenvalue weighted by Gasteiger charge is -2.38. The molecule has 1 aliphatic carbocycles. The first-order chi connectivity index (χ1) is 7.36. The van der Waals surface area contributed by atoms with Crippen molar-refractivity contribution in [1.82, 2.24) is 0 Å². The van der Waals surface area contributed by atoms with Gasteiger partial charge in [0, 0.05) is 0 Å². The fraction of sp³-hybridized carbons (Fsp3) is 0.733. The molecule has 92 valence electrons. The predicted octanol–water partition coefficient (Wildman–Crippen LogP) is 4.09. The number of rotatable bonds is 3. The van der Waals surface area contributed by atoms with Gasteiger partial charge in [-0.2, -0.15) is 0 Å². The van der Waals surface area contributed by atoms with Gasteiger partial charge in [0.1, 0.15) is 0 Å². The Bertz CT molecular complexity index is 303. The second-order valence-corrected chi connectivity index (χ2v) is 6.09. The minimum atomic E-state index is 0.178. The predicted molar refractivity (Wildman–Crippen MR) is 70.3 cm³/mol. The van der Waals surface area contributed by atoms with Gasteiger partial charge < -0.3 is 5.11 Å². The van der Waals surface area contributed by atoms with E-state index in [-0.39, 0.29) is 12.0 Å². The van der Waals surface area contributed by atoms with Crippen molar-refractivity contribution in [3.8, 4) is 0 Å². The van der Waals surface area contributed by atoms with Gasteiger partial charge in [-0.15, -0.1) is 0 Å². The third-order valence-electron chi connectivity index (χ3n) is 3.74. The zero-order valence-corrected chi connectivity index (χ0v) is 11.4. The van der Waals surface area contributed by atoms with Gasteiger partial charge in [-0.25, -0.2) is 0 Å². The quantitative estimate of drug-likeness (QED) is 0.713. The first-order valence-electron chi connectivity index (χ1n) is 6.30. The number of aliphatic hydroxyl groups is 1. The molecule has 0 aromatic carbocycles. The van der Waals surface area contributed by atoms with E-state index < -0.39 is 0 Å². The third-order valence-corrected chi connectivity index (χ3v) is 3.74. The number of hydrogen-bond donors (Lipinski definition) is 1. The molecule has 1 aliphatic rings. The maximum Gasteiger partial charge on any atom is 0.0649 e. The Labute approximate surface area is 100 Å². The summed E-state index contributed by atoms with van der Waals surface area (Å²) in [4.78, 5) is 0. The molecule has 1 rings (SSSR count). The zero-order chi connectivity index (χ0) is 12.3. The highest BCUT2D eigenvalue weighted by Crippen LogP contribution is 2.43. The van der Waals surface area contributed by atoms with Gasteiger partial charge in [0.25, 0.3) is 0 Å². The summed E-state index contributed by atoms with van der Waals surface area (Å²) in [5, 5.41) is 9.43. The summed E-state index contributed by atoms with van der Waals surface area (Å²) in [6, 6.07) is 0. The lowest BCUT2D eigenvalue weighted by atomic mass is 9.68. The molecule has 0 aliphatic heterocycles. The van der Waals surface area contributed by atoms with Gasteiger partial charge in [0.2, 0.25) is 0 Å². The lowest BCUT2D eigenvalue weighted by Crippen LogP contribution is -2.27. The summed E-state index contributed by atoms with van der Waals surface area (Å²) in [6.07, 6.45) is 5.88. The molecule has 16 heavy (non-hydrogen) atoms. The van der Waals surface area contributed by atoms with E-state index in [1.807, 2.05) is 0 Å². The van der Waals surface area contributed by atoms with E-state index in [0.717, 1.165) is 12.3 Å². The van der Waals surface area contributed by atoms with E-state index in [0.29, 0.717) is 0 Å². The van der Waals surface area contributed by atoms with Gasteiger partial charge >= 0.3 is 0 Å². The van der Waals surface area contributed by atoms with Crippen molar-refractivity contribution in [2.75, 3.05) is 6.61 Å². The van der Waals surface area contributed by atoms with Crippen LogP contribution in [0, 0.1) is 11.3 Å². The average Bonchev–Trinajstić information content (AvgIpc) is 2.13. The Morgan fingerprint density at radius 2 is 2.06 bits per heavy atom. The number of aliphatic hydroxyl groups excluding tert-OH is 1. The smallest absolute Gasteiger partial charge is 0.0649 e. The molecule has 1 unspecified atom stereocenters. The summed E-state index contributed by atoms with van der Waals surface area (Å²) in [6.45, 7) is 11.3. The molecular weight excluding hydrogens is 196 g/mol. The summed E-state index contributed by atoms with van der Waals surface area (Å²) >= 11 is 0. The average molecular weight is 222 g/mol. The van der Waals surface area contributed by atoms with Gasteiger partial charge in [0.05, 0.1) is 6.61 Å². The summed E-state index contributed by atoms with van der Waals surface area (Å²) in [5.74, 6) is 0.750. The van der Waals surface area contributed by atoms with Crippen LogP contribution in [0.3, 0.4) is 0 Å². The normalized spacial score (nSPS) is 24.5. The molecule has 1 atom stereocenters. The topological polar surface area (TPSA) is 20.2 Å². The fourth-order valence-corrected chi connectivity index (χ4v) is 2.97. The zero-order valence-electron chi connectivity index (χ0n) is 11.4. The molecule has 1 heteroatoms. The fourth-order valence-electron chi connectivity index (χ4n) is 2.97. The van der Waals surface area contributed by atoms with Crippen molar-refractivity contribution >= 4 is 0 Å². The largest absolute Gasteiger partial charge is 0.392 e. The molecule has 0 aromatic rings. The number of allylic oxidation sites excluding steroid dienone is 3. The molecule has 1 nitrogen and oxygen atoms in total. The van der Waals surface area contributed by atoms with Crippen LogP contribution in [0.25, 0.3) is 0 Å². The third kappa shape index (κ3) is 3.21. The molecule has 0 heterocycles. The molecular formula is C15H26O.